The molecule has 2 aromatic heterocycles. The lowest BCUT2D eigenvalue weighted by molar-refractivity contribution is -0.116. The maximum Gasteiger partial charge on any atom is 0.276 e. The number of aromatic nitrogens is 3. The number of aromatic amines is 1. The van der Waals surface area contributed by atoms with Crippen LogP contribution in [0.2, 0.25) is 0 Å². The molecule has 0 radical (unpaired) electrons. The van der Waals surface area contributed by atoms with Crippen LogP contribution in [0.4, 0.5) is 10.1 Å². The number of nitrogens with zero attached hydrogens (tertiary/aromatic N) is 2. The van der Waals surface area contributed by atoms with Crippen molar-refractivity contribution >= 4 is 22.9 Å². The van der Waals surface area contributed by atoms with Gasteiger partial charge in [0.2, 0.25) is 11.0 Å². The highest BCUT2D eigenvalue weighted by atomic mass is 32.1. The minimum atomic E-state index is -0.313. The number of hydrogen-bond acceptors (Lipinski definition) is 4. The van der Waals surface area contributed by atoms with E-state index in [-0.39, 0.29) is 23.7 Å². The van der Waals surface area contributed by atoms with Gasteiger partial charge in [-0.15, -0.1) is 11.3 Å². The number of halogens is 1. The Morgan fingerprint density at radius 1 is 1.19 bits per heavy atom. The van der Waals surface area contributed by atoms with E-state index in [1.165, 1.54) is 28.2 Å². The zero-order valence-corrected chi connectivity index (χ0v) is 18.6. The molecular weight excluding hydrogens is 427 g/mol. The monoisotopic (exact) mass is 450 g/mol. The van der Waals surface area contributed by atoms with Gasteiger partial charge in [0, 0.05) is 34.3 Å². The standard InChI is InChI=1S/C24H23FN4O2S/c1-3-16-6-4-5-7-20(16)26-22(30)13-12-19-15(2)28-29(23(19)31)24-27-21(14-32-24)17-8-10-18(25)11-9-17/h4-11,14,28H,3,12-13H2,1-2H3,(H,26,30). The van der Waals surface area contributed by atoms with Gasteiger partial charge in [-0.25, -0.2) is 9.37 Å². The molecule has 4 rings (SSSR count). The van der Waals surface area contributed by atoms with Crippen LogP contribution >= 0.6 is 11.3 Å². The predicted octanol–water partition coefficient (Wildman–Crippen LogP) is 4.87. The van der Waals surface area contributed by atoms with E-state index in [1.54, 1.807) is 12.1 Å². The summed E-state index contributed by atoms with van der Waals surface area (Å²) in [6.45, 7) is 3.85. The average Bonchev–Trinajstić information content (AvgIpc) is 3.38. The van der Waals surface area contributed by atoms with Crippen molar-refractivity contribution in [1.29, 1.82) is 0 Å². The summed E-state index contributed by atoms with van der Waals surface area (Å²) < 4.78 is 14.6. The molecule has 2 heterocycles. The number of aryl methyl sites for hydroxylation is 2. The molecule has 0 saturated carbocycles. The Morgan fingerprint density at radius 2 is 1.94 bits per heavy atom. The number of hydrogen-bond donors (Lipinski definition) is 2. The van der Waals surface area contributed by atoms with Gasteiger partial charge in [0.25, 0.3) is 5.56 Å². The first kappa shape index (κ1) is 21.7. The minimum absolute atomic E-state index is 0.134. The van der Waals surface area contributed by atoms with Crippen LogP contribution in [0.15, 0.2) is 58.7 Å². The fourth-order valence-corrected chi connectivity index (χ4v) is 4.32. The van der Waals surface area contributed by atoms with Crippen molar-refractivity contribution in [3.8, 4) is 16.4 Å². The average molecular weight is 451 g/mol. The van der Waals surface area contributed by atoms with E-state index in [1.807, 2.05) is 43.5 Å². The van der Waals surface area contributed by atoms with E-state index in [2.05, 4.69) is 15.4 Å². The van der Waals surface area contributed by atoms with Crippen LogP contribution in [-0.4, -0.2) is 20.7 Å². The van der Waals surface area contributed by atoms with Gasteiger partial charge in [-0.3, -0.25) is 14.7 Å². The SMILES string of the molecule is CCc1ccccc1NC(=O)CCc1c(C)[nH]n(-c2nc(-c3ccc(F)cc3)cs2)c1=O. The molecule has 0 atom stereocenters. The first-order valence-corrected chi connectivity index (χ1v) is 11.2. The molecule has 2 N–H and O–H groups in total. The normalized spacial score (nSPS) is 11.0. The van der Waals surface area contributed by atoms with Gasteiger partial charge in [-0.1, -0.05) is 25.1 Å². The quantitative estimate of drug-likeness (QED) is 0.422. The largest absolute Gasteiger partial charge is 0.326 e. The number of anilines is 1. The highest BCUT2D eigenvalue weighted by molar-refractivity contribution is 7.12. The van der Waals surface area contributed by atoms with Crippen molar-refractivity contribution in [3.05, 3.63) is 86.9 Å². The summed E-state index contributed by atoms with van der Waals surface area (Å²) >= 11 is 1.32. The second-order valence-electron chi connectivity index (χ2n) is 7.44. The predicted molar refractivity (Wildman–Crippen MR) is 125 cm³/mol. The molecule has 6 nitrogen and oxygen atoms in total. The van der Waals surface area contributed by atoms with Gasteiger partial charge in [0.1, 0.15) is 5.82 Å². The summed E-state index contributed by atoms with van der Waals surface area (Å²) in [6.07, 6.45) is 1.35. The third kappa shape index (κ3) is 4.55. The highest BCUT2D eigenvalue weighted by Crippen LogP contribution is 2.24. The van der Waals surface area contributed by atoms with Crippen molar-refractivity contribution in [1.82, 2.24) is 14.8 Å². The van der Waals surface area contributed by atoms with E-state index < -0.39 is 0 Å². The number of carbonyl (C=O) groups is 1. The van der Waals surface area contributed by atoms with Crippen LogP contribution in [0, 0.1) is 12.7 Å². The lowest BCUT2D eigenvalue weighted by atomic mass is 10.1. The van der Waals surface area contributed by atoms with Gasteiger partial charge in [-0.05, 0) is 55.7 Å². The molecule has 1 amide bonds. The molecule has 0 fully saturated rings. The maximum atomic E-state index is 13.2. The second-order valence-corrected chi connectivity index (χ2v) is 8.27. The highest BCUT2D eigenvalue weighted by Gasteiger charge is 2.17. The number of rotatable bonds is 7. The summed E-state index contributed by atoms with van der Waals surface area (Å²) in [7, 11) is 0. The van der Waals surface area contributed by atoms with Crippen LogP contribution in [0.25, 0.3) is 16.4 Å². The van der Waals surface area contributed by atoms with E-state index in [0.717, 1.165) is 23.2 Å². The summed E-state index contributed by atoms with van der Waals surface area (Å²) in [5, 5.41) is 8.31. The number of thiazole rings is 1. The van der Waals surface area contributed by atoms with Crippen molar-refractivity contribution < 1.29 is 9.18 Å². The molecule has 0 aliphatic heterocycles. The third-order valence-electron chi connectivity index (χ3n) is 5.29. The van der Waals surface area contributed by atoms with Crippen molar-refractivity contribution in [2.24, 2.45) is 0 Å². The number of nitrogens with one attached hydrogen (secondary N) is 2. The van der Waals surface area contributed by atoms with Crippen LogP contribution in [0.1, 0.15) is 30.2 Å². The van der Waals surface area contributed by atoms with Crippen LogP contribution in [-0.2, 0) is 17.6 Å². The summed E-state index contributed by atoms with van der Waals surface area (Å²) in [5.74, 6) is -0.447. The Kier molecular flexibility index (Phi) is 6.32. The number of amides is 1. The molecule has 0 unspecified atom stereocenters. The van der Waals surface area contributed by atoms with Crippen molar-refractivity contribution in [2.45, 2.75) is 33.1 Å². The second kappa shape index (κ2) is 9.32. The Hall–Kier alpha value is -3.52. The molecule has 32 heavy (non-hydrogen) atoms. The van der Waals surface area contributed by atoms with Crippen LogP contribution in [0.5, 0.6) is 0 Å². The molecule has 8 heteroatoms. The zero-order valence-electron chi connectivity index (χ0n) is 17.8. The molecule has 0 spiro atoms. The van der Waals surface area contributed by atoms with Gasteiger partial charge >= 0.3 is 0 Å². The van der Waals surface area contributed by atoms with Crippen molar-refractivity contribution in [3.63, 3.8) is 0 Å². The van der Waals surface area contributed by atoms with Gasteiger partial charge < -0.3 is 5.32 Å². The van der Waals surface area contributed by atoms with Crippen LogP contribution < -0.4 is 10.9 Å². The lowest BCUT2D eigenvalue weighted by Gasteiger charge is -2.09. The Balaban J connectivity index is 1.48. The minimum Gasteiger partial charge on any atom is -0.326 e. The number of benzene rings is 2. The molecular formula is C24H23FN4O2S. The topological polar surface area (TPSA) is 79.8 Å². The Bertz CT molecular complexity index is 1300. The summed E-state index contributed by atoms with van der Waals surface area (Å²) in [4.78, 5) is 30.0. The Morgan fingerprint density at radius 3 is 2.69 bits per heavy atom. The number of carbonyl (C=O) groups excluding carboxylic acids is 1. The van der Waals surface area contributed by atoms with E-state index >= 15 is 0 Å². The van der Waals surface area contributed by atoms with Gasteiger partial charge in [0.05, 0.1) is 5.69 Å². The maximum absolute atomic E-state index is 13.2. The fourth-order valence-electron chi connectivity index (χ4n) is 3.53. The summed E-state index contributed by atoms with van der Waals surface area (Å²) in [6, 6.07) is 13.8. The third-order valence-corrected chi connectivity index (χ3v) is 6.12. The molecule has 0 saturated heterocycles. The molecule has 4 aromatic rings. The van der Waals surface area contributed by atoms with E-state index in [9.17, 15) is 14.0 Å². The first-order valence-electron chi connectivity index (χ1n) is 10.4. The van der Waals surface area contributed by atoms with Gasteiger partial charge in [0.15, 0.2) is 0 Å². The van der Waals surface area contributed by atoms with Crippen LogP contribution in [0.3, 0.4) is 0 Å². The molecule has 0 aliphatic rings. The summed E-state index contributed by atoms with van der Waals surface area (Å²) in [5.41, 5.74) is 4.36. The fraction of sp³-hybridized carbons (Fsp3) is 0.208. The van der Waals surface area contributed by atoms with E-state index in [4.69, 9.17) is 0 Å². The molecule has 0 aliphatic carbocycles. The first-order chi connectivity index (χ1) is 15.5. The van der Waals surface area contributed by atoms with Gasteiger partial charge in [-0.2, -0.15) is 4.68 Å². The molecule has 2 aromatic carbocycles. The lowest BCUT2D eigenvalue weighted by Crippen LogP contribution is -2.19. The number of para-hydroxylation sites is 1. The Labute approximate surface area is 188 Å². The van der Waals surface area contributed by atoms with Crippen molar-refractivity contribution in [2.75, 3.05) is 5.32 Å². The molecule has 164 valence electrons. The smallest absolute Gasteiger partial charge is 0.276 e. The number of H-pyrrole nitrogens is 1. The van der Waals surface area contributed by atoms with E-state index in [0.29, 0.717) is 28.5 Å². The zero-order chi connectivity index (χ0) is 22.7. The molecule has 0 bridgehead atoms.